The number of nitrogens with zero attached hydrogens (tertiary/aromatic N) is 2. The van der Waals surface area contributed by atoms with Crippen LogP contribution in [-0.4, -0.2) is 11.0 Å². The van der Waals surface area contributed by atoms with Crippen LogP contribution < -0.4 is 10.1 Å². The first-order chi connectivity index (χ1) is 14.7. The number of hydrogen-bond acceptors (Lipinski definition) is 4. The van der Waals surface area contributed by atoms with E-state index in [0.29, 0.717) is 23.2 Å². The minimum Gasteiger partial charge on any atom is -0.489 e. The number of nitrogens with one attached hydrogen (secondary N) is 1. The summed E-state index contributed by atoms with van der Waals surface area (Å²) in [4.78, 5) is 4.47. The summed E-state index contributed by atoms with van der Waals surface area (Å²) in [5.41, 5.74) is 3.51. The molecule has 1 aromatic heterocycles. The van der Waals surface area contributed by atoms with Gasteiger partial charge in [0.05, 0.1) is 16.7 Å². The molecule has 152 valence electrons. The molecule has 0 aliphatic heterocycles. The standard InChI is InChI=1S/C25H24ClN3O/c26-24-16-28-25(29-21-9-2-1-3-10-21)14-23(24)20-8-5-11-22(13-20)30-17-19-7-4-6-18(12-19)15-27/h4-8,11-14,16,21H,1-3,9-10,17H2,(H,28,29). The average Bonchev–Trinajstić information content (AvgIpc) is 2.80. The fraction of sp³-hybridized carbons (Fsp3) is 0.280. The average molecular weight is 418 g/mol. The molecule has 5 heteroatoms. The molecule has 2 aromatic carbocycles. The second-order valence-corrected chi connectivity index (χ2v) is 8.06. The quantitative estimate of drug-likeness (QED) is 0.491. The van der Waals surface area contributed by atoms with Gasteiger partial charge in [0.1, 0.15) is 18.2 Å². The Balaban J connectivity index is 1.49. The van der Waals surface area contributed by atoms with Crippen LogP contribution in [0.4, 0.5) is 5.82 Å². The van der Waals surface area contributed by atoms with Crippen molar-refractivity contribution in [3.05, 3.63) is 76.9 Å². The predicted octanol–water partition coefficient (Wildman–Crippen LogP) is 6.60. The normalized spacial score (nSPS) is 14.1. The van der Waals surface area contributed by atoms with E-state index in [2.05, 4.69) is 16.4 Å². The molecule has 3 aromatic rings. The number of pyridine rings is 1. The topological polar surface area (TPSA) is 57.9 Å². The molecule has 1 N–H and O–H groups in total. The van der Waals surface area contributed by atoms with Gasteiger partial charge in [0, 0.05) is 17.8 Å². The van der Waals surface area contributed by atoms with E-state index in [1.165, 1.54) is 32.1 Å². The van der Waals surface area contributed by atoms with Crippen LogP contribution in [0, 0.1) is 11.3 Å². The fourth-order valence-electron chi connectivity index (χ4n) is 3.85. The van der Waals surface area contributed by atoms with Crippen molar-refractivity contribution < 1.29 is 4.74 Å². The minimum absolute atomic E-state index is 0.400. The second kappa shape index (κ2) is 9.65. The van der Waals surface area contributed by atoms with E-state index in [4.69, 9.17) is 21.6 Å². The summed E-state index contributed by atoms with van der Waals surface area (Å²) in [5, 5.41) is 13.2. The zero-order chi connectivity index (χ0) is 20.8. The molecule has 1 aliphatic rings. The Morgan fingerprint density at radius 3 is 2.73 bits per heavy atom. The van der Waals surface area contributed by atoms with Gasteiger partial charge in [-0.2, -0.15) is 5.26 Å². The van der Waals surface area contributed by atoms with Gasteiger partial charge in [-0.25, -0.2) is 4.98 Å². The number of nitriles is 1. The van der Waals surface area contributed by atoms with E-state index in [9.17, 15) is 0 Å². The summed E-state index contributed by atoms with van der Waals surface area (Å²) in [6.07, 6.45) is 7.96. The lowest BCUT2D eigenvalue weighted by molar-refractivity contribution is 0.306. The first kappa shape index (κ1) is 20.3. The zero-order valence-corrected chi connectivity index (χ0v) is 17.5. The van der Waals surface area contributed by atoms with Gasteiger partial charge >= 0.3 is 0 Å². The molecule has 1 aliphatic carbocycles. The Bertz CT molecular complexity index is 1050. The van der Waals surface area contributed by atoms with Gasteiger partial charge in [-0.15, -0.1) is 0 Å². The largest absolute Gasteiger partial charge is 0.489 e. The molecule has 1 saturated carbocycles. The highest BCUT2D eigenvalue weighted by atomic mass is 35.5. The molecule has 0 saturated heterocycles. The third-order valence-electron chi connectivity index (χ3n) is 5.42. The van der Waals surface area contributed by atoms with Crippen LogP contribution in [0.15, 0.2) is 60.8 Å². The molecule has 0 amide bonds. The summed E-state index contributed by atoms with van der Waals surface area (Å²) >= 11 is 6.47. The van der Waals surface area contributed by atoms with Crippen molar-refractivity contribution in [1.82, 2.24) is 4.98 Å². The molecule has 1 fully saturated rings. The summed E-state index contributed by atoms with van der Waals surface area (Å²) in [7, 11) is 0. The zero-order valence-electron chi connectivity index (χ0n) is 16.8. The molecule has 0 atom stereocenters. The van der Waals surface area contributed by atoms with Crippen LogP contribution in [-0.2, 0) is 6.61 Å². The minimum atomic E-state index is 0.400. The van der Waals surface area contributed by atoms with Crippen molar-refractivity contribution in [2.45, 2.75) is 44.8 Å². The van der Waals surface area contributed by atoms with Gasteiger partial charge in [0.25, 0.3) is 0 Å². The van der Waals surface area contributed by atoms with E-state index in [-0.39, 0.29) is 0 Å². The highest BCUT2D eigenvalue weighted by molar-refractivity contribution is 6.33. The molecular formula is C25H24ClN3O. The Kier molecular flexibility index (Phi) is 6.51. The van der Waals surface area contributed by atoms with Gasteiger partial charge in [0.15, 0.2) is 0 Å². The van der Waals surface area contributed by atoms with Gasteiger partial charge in [-0.05, 0) is 54.3 Å². The Hall–Kier alpha value is -3.03. The summed E-state index contributed by atoms with van der Waals surface area (Å²) in [5.74, 6) is 1.62. The molecule has 4 rings (SSSR count). The second-order valence-electron chi connectivity index (χ2n) is 7.66. The first-order valence-corrected chi connectivity index (χ1v) is 10.7. The van der Waals surface area contributed by atoms with Crippen molar-refractivity contribution in [2.24, 2.45) is 0 Å². The monoisotopic (exact) mass is 417 g/mol. The van der Waals surface area contributed by atoms with Crippen LogP contribution in [0.2, 0.25) is 5.02 Å². The van der Waals surface area contributed by atoms with Gasteiger partial charge in [0.2, 0.25) is 0 Å². The maximum absolute atomic E-state index is 9.05. The van der Waals surface area contributed by atoms with Crippen LogP contribution >= 0.6 is 11.6 Å². The Morgan fingerprint density at radius 2 is 1.90 bits per heavy atom. The number of benzene rings is 2. The lowest BCUT2D eigenvalue weighted by Crippen LogP contribution is -2.22. The molecule has 0 unspecified atom stereocenters. The number of ether oxygens (including phenoxy) is 1. The van der Waals surface area contributed by atoms with Crippen molar-refractivity contribution in [2.75, 3.05) is 5.32 Å². The highest BCUT2D eigenvalue weighted by Crippen LogP contribution is 2.32. The fourth-order valence-corrected chi connectivity index (χ4v) is 4.06. The van der Waals surface area contributed by atoms with Crippen molar-refractivity contribution in [1.29, 1.82) is 5.26 Å². The highest BCUT2D eigenvalue weighted by Gasteiger charge is 2.15. The molecule has 1 heterocycles. The first-order valence-electron chi connectivity index (χ1n) is 10.4. The number of hydrogen-bond donors (Lipinski definition) is 1. The molecule has 0 spiro atoms. The van der Waals surface area contributed by atoms with Crippen molar-refractivity contribution >= 4 is 17.4 Å². The third-order valence-corrected chi connectivity index (χ3v) is 5.72. The van der Waals surface area contributed by atoms with E-state index >= 15 is 0 Å². The van der Waals surface area contributed by atoms with E-state index in [0.717, 1.165) is 28.3 Å². The Morgan fingerprint density at radius 1 is 1.07 bits per heavy atom. The SMILES string of the molecule is N#Cc1cccc(COc2cccc(-c3cc(NC4CCCCC4)ncc3Cl)c2)c1. The summed E-state index contributed by atoms with van der Waals surface area (Å²) < 4.78 is 5.96. The van der Waals surface area contributed by atoms with Crippen LogP contribution in [0.3, 0.4) is 0 Å². The smallest absolute Gasteiger partial charge is 0.126 e. The number of rotatable bonds is 6. The molecule has 0 radical (unpaired) electrons. The molecular weight excluding hydrogens is 394 g/mol. The molecule has 30 heavy (non-hydrogen) atoms. The Labute approximate surface area is 182 Å². The summed E-state index contributed by atoms with van der Waals surface area (Å²) in [6, 6.07) is 20.0. The van der Waals surface area contributed by atoms with Gasteiger partial charge in [-0.1, -0.05) is 55.1 Å². The van der Waals surface area contributed by atoms with Crippen molar-refractivity contribution in [3.8, 4) is 22.9 Å². The number of halogens is 1. The van der Waals surface area contributed by atoms with Gasteiger partial charge < -0.3 is 10.1 Å². The van der Waals surface area contributed by atoms with Crippen LogP contribution in [0.5, 0.6) is 5.75 Å². The van der Waals surface area contributed by atoms with Crippen LogP contribution in [0.1, 0.15) is 43.2 Å². The number of anilines is 1. The van der Waals surface area contributed by atoms with Gasteiger partial charge in [-0.3, -0.25) is 0 Å². The molecule has 0 bridgehead atoms. The predicted molar refractivity (Wildman–Crippen MR) is 121 cm³/mol. The lowest BCUT2D eigenvalue weighted by Gasteiger charge is -2.23. The molecule has 4 nitrogen and oxygen atoms in total. The third kappa shape index (κ3) is 5.11. The lowest BCUT2D eigenvalue weighted by atomic mass is 9.95. The van der Waals surface area contributed by atoms with E-state index in [1.54, 1.807) is 12.3 Å². The summed E-state index contributed by atoms with van der Waals surface area (Å²) in [6.45, 7) is 0.400. The number of aromatic nitrogens is 1. The van der Waals surface area contributed by atoms with E-state index < -0.39 is 0 Å². The van der Waals surface area contributed by atoms with Crippen LogP contribution in [0.25, 0.3) is 11.1 Å². The maximum atomic E-state index is 9.05. The maximum Gasteiger partial charge on any atom is 0.126 e. The van der Waals surface area contributed by atoms with E-state index in [1.807, 2.05) is 48.5 Å². The van der Waals surface area contributed by atoms with Crippen molar-refractivity contribution in [3.63, 3.8) is 0 Å².